The second kappa shape index (κ2) is 5.87. The summed E-state index contributed by atoms with van der Waals surface area (Å²) >= 11 is 0. The molecule has 0 aromatic heterocycles. The molecule has 0 aromatic rings. The van der Waals surface area contributed by atoms with Crippen molar-refractivity contribution in [2.45, 2.75) is 0 Å². The Morgan fingerprint density at radius 2 is 1.71 bits per heavy atom. The molecule has 1 rings (SSSR count). The zero-order valence-electron chi connectivity index (χ0n) is 8.35. The van der Waals surface area contributed by atoms with E-state index in [2.05, 4.69) is 4.90 Å². The normalized spacial score (nSPS) is 20.4. The maximum absolute atomic E-state index is 11.1. The summed E-state index contributed by atoms with van der Waals surface area (Å²) in [7, 11) is -2.99. The largest absolute Gasteiger partial charge is 0.329 e. The average molecular weight is 244 g/mol. The fraction of sp³-hybridized carbons (Fsp3) is 1.00. The number of piperazine rings is 1. The second-order valence-electron chi connectivity index (χ2n) is 3.29. The molecule has 5 nitrogen and oxygen atoms in total. The average Bonchev–Trinajstić information content (AvgIpc) is 2.04. The Balaban J connectivity index is 0.00000169. The van der Waals surface area contributed by atoms with Crippen LogP contribution in [0.15, 0.2) is 0 Å². The number of nitrogens with two attached hydrogens (primary N) is 1. The van der Waals surface area contributed by atoms with Crippen molar-refractivity contribution in [3.8, 4) is 0 Å². The van der Waals surface area contributed by atoms with E-state index in [-0.39, 0.29) is 12.4 Å². The van der Waals surface area contributed by atoms with Crippen molar-refractivity contribution in [3.05, 3.63) is 0 Å². The molecule has 1 aliphatic rings. The fourth-order valence-electron chi connectivity index (χ4n) is 1.47. The molecule has 0 spiro atoms. The number of halogens is 1. The van der Waals surface area contributed by atoms with Crippen LogP contribution in [-0.2, 0) is 10.0 Å². The van der Waals surface area contributed by atoms with Gasteiger partial charge in [-0.1, -0.05) is 0 Å². The Morgan fingerprint density at radius 3 is 2.07 bits per heavy atom. The second-order valence-corrected chi connectivity index (χ2v) is 5.27. The van der Waals surface area contributed by atoms with Crippen molar-refractivity contribution < 1.29 is 8.42 Å². The first-order valence-electron chi connectivity index (χ1n) is 4.41. The number of sulfonamides is 1. The molecule has 0 saturated carbocycles. The topological polar surface area (TPSA) is 66.6 Å². The molecule has 0 unspecified atom stereocenters. The molecule has 0 radical (unpaired) electrons. The van der Waals surface area contributed by atoms with Gasteiger partial charge in [0.1, 0.15) is 0 Å². The lowest BCUT2D eigenvalue weighted by atomic mass is 10.3. The van der Waals surface area contributed by atoms with Gasteiger partial charge in [-0.15, -0.1) is 12.4 Å². The van der Waals surface area contributed by atoms with Gasteiger partial charge in [-0.25, -0.2) is 8.42 Å². The fourth-order valence-corrected chi connectivity index (χ4v) is 2.29. The first-order valence-corrected chi connectivity index (χ1v) is 6.26. The first-order chi connectivity index (χ1) is 6.04. The van der Waals surface area contributed by atoms with Gasteiger partial charge < -0.3 is 5.73 Å². The minimum Gasteiger partial charge on any atom is -0.329 e. The molecule has 1 fully saturated rings. The first kappa shape index (κ1) is 14.1. The van der Waals surface area contributed by atoms with Crippen molar-refractivity contribution in [2.75, 3.05) is 45.5 Å². The van der Waals surface area contributed by atoms with Crippen molar-refractivity contribution in [3.63, 3.8) is 0 Å². The van der Waals surface area contributed by atoms with Gasteiger partial charge in [0, 0.05) is 39.3 Å². The summed E-state index contributed by atoms with van der Waals surface area (Å²) in [5.74, 6) is 0. The highest BCUT2D eigenvalue weighted by molar-refractivity contribution is 7.88. The van der Waals surface area contributed by atoms with Crippen LogP contribution < -0.4 is 5.73 Å². The van der Waals surface area contributed by atoms with E-state index in [4.69, 9.17) is 5.73 Å². The van der Waals surface area contributed by atoms with Crippen LogP contribution in [0.3, 0.4) is 0 Å². The highest BCUT2D eigenvalue weighted by Gasteiger charge is 2.22. The lowest BCUT2D eigenvalue weighted by Crippen LogP contribution is -2.49. The van der Waals surface area contributed by atoms with Gasteiger partial charge in [0.15, 0.2) is 0 Å². The van der Waals surface area contributed by atoms with Crippen molar-refractivity contribution in [1.29, 1.82) is 0 Å². The van der Waals surface area contributed by atoms with E-state index in [1.54, 1.807) is 0 Å². The molecule has 0 bridgehead atoms. The molecular weight excluding hydrogens is 226 g/mol. The van der Waals surface area contributed by atoms with E-state index in [1.807, 2.05) is 0 Å². The summed E-state index contributed by atoms with van der Waals surface area (Å²) in [5, 5.41) is 0. The molecular formula is C7H18ClN3O2S. The van der Waals surface area contributed by atoms with Gasteiger partial charge >= 0.3 is 0 Å². The van der Waals surface area contributed by atoms with Crippen LogP contribution in [0, 0.1) is 0 Å². The van der Waals surface area contributed by atoms with Crippen molar-refractivity contribution >= 4 is 22.4 Å². The molecule has 0 amide bonds. The minimum absolute atomic E-state index is 0. The number of nitrogens with zero attached hydrogens (tertiary/aromatic N) is 2. The van der Waals surface area contributed by atoms with Gasteiger partial charge in [-0.2, -0.15) is 4.31 Å². The Bertz CT molecular complexity index is 250. The molecule has 0 aromatic carbocycles. The van der Waals surface area contributed by atoms with Gasteiger partial charge in [-0.05, 0) is 0 Å². The van der Waals surface area contributed by atoms with Crippen molar-refractivity contribution in [2.24, 2.45) is 5.73 Å². The number of hydrogen-bond donors (Lipinski definition) is 1. The smallest absolute Gasteiger partial charge is 0.211 e. The van der Waals surface area contributed by atoms with Crippen LogP contribution >= 0.6 is 12.4 Å². The van der Waals surface area contributed by atoms with E-state index in [1.165, 1.54) is 10.6 Å². The maximum Gasteiger partial charge on any atom is 0.211 e. The summed E-state index contributed by atoms with van der Waals surface area (Å²) in [6.07, 6.45) is 1.26. The Hall–Kier alpha value is 0.120. The molecule has 7 heteroatoms. The monoisotopic (exact) mass is 243 g/mol. The molecule has 1 aliphatic heterocycles. The van der Waals surface area contributed by atoms with Gasteiger partial charge in [-0.3, -0.25) is 4.90 Å². The number of hydrogen-bond acceptors (Lipinski definition) is 4. The highest BCUT2D eigenvalue weighted by Crippen LogP contribution is 2.04. The Morgan fingerprint density at radius 1 is 1.21 bits per heavy atom. The zero-order chi connectivity index (χ0) is 9.90. The molecule has 14 heavy (non-hydrogen) atoms. The van der Waals surface area contributed by atoms with Gasteiger partial charge in [0.2, 0.25) is 10.0 Å². The Kier molecular flexibility index (Phi) is 5.92. The van der Waals surface area contributed by atoms with Gasteiger partial charge in [0.25, 0.3) is 0 Å². The molecule has 0 aliphatic carbocycles. The summed E-state index contributed by atoms with van der Waals surface area (Å²) in [5.41, 5.74) is 5.41. The lowest BCUT2D eigenvalue weighted by molar-refractivity contribution is 0.193. The van der Waals surface area contributed by atoms with E-state index < -0.39 is 10.0 Å². The van der Waals surface area contributed by atoms with Crippen LogP contribution in [0.2, 0.25) is 0 Å². The zero-order valence-corrected chi connectivity index (χ0v) is 9.98. The van der Waals surface area contributed by atoms with E-state index in [0.717, 1.165) is 19.6 Å². The van der Waals surface area contributed by atoms with E-state index in [9.17, 15) is 8.42 Å². The Labute approximate surface area is 91.7 Å². The third-order valence-electron chi connectivity index (χ3n) is 2.25. The predicted molar refractivity (Wildman–Crippen MR) is 59.2 cm³/mol. The maximum atomic E-state index is 11.1. The molecule has 1 saturated heterocycles. The quantitative estimate of drug-likeness (QED) is 0.687. The van der Waals surface area contributed by atoms with E-state index in [0.29, 0.717) is 19.6 Å². The van der Waals surface area contributed by atoms with E-state index >= 15 is 0 Å². The lowest BCUT2D eigenvalue weighted by Gasteiger charge is -2.32. The third-order valence-corrected chi connectivity index (χ3v) is 3.55. The third kappa shape index (κ3) is 4.10. The van der Waals surface area contributed by atoms with Gasteiger partial charge in [0.05, 0.1) is 6.26 Å². The summed E-state index contributed by atoms with van der Waals surface area (Å²) < 4.78 is 23.8. The molecule has 1 heterocycles. The summed E-state index contributed by atoms with van der Waals surface area (Å²) in [6, 6.07) is 0. The van der Waals surface area contributed by atoms with Crippen LogP contribution in [-0.4, -0.2) is 63.1 Å². The van der Waals surface area contributed by atoms with Crippen LogP contribution in [0.1, 0.15) is 0 Å². The van der Waals surface area contributed by atoms with Crippen LogP contribution in [0.4, 0.5) is 0 Å². The molecule has 0 atom stereocenters. The predicted octanol–water partition coefficient (Wildman–Crippen LogP) is -1.06. The van der Waals surface area contributed by atoms with Crippen LogP contribution in [0.25, 0.3) is 0 Å². The highest BCUT2D eigenvalue weighted by atomic mass is 35.5. The molecule has 86 valence electrons. The molecule has 2 N–H and O–H groups in total. The summed E-state index contributed by atoms with van der Waals surface area (Å²) in [6.45, 7) is 4.28. The standard InChI is InChI=1S/C7H17N3O2S.ClH/c1-13(11,12)10-6-4-9(3-2-8)5-7-10;/h2-8H2,1H3;1H. The summed E-state index contributed by atoms with van der Waals surface area (Å²) in [4.78, 5) is 2.18. The minimum atomic E-state index is -2.99. The number of rotatable bonds is 3. The SMILES string of the molecule is CS(=O)(=O)N1CCN(CCN)CC1.Cl. The van der Waals surface area contributed by atoms with Crippen LogP contribution in [0.5, 0.6) is 0 Å². The van der Waals surface area contributed by atoms with Crippen molar-refractivity contribution in [1.82, 2.24) is 9.21 Å².